The Bertz CT molecular complexity index is 120. The lowest BCUT2D eigenvalue weighted by molar-refractivity contribution is 0.164. The summed E-state index contributed by atoms with van der Waals surface area (Å²) in [4.78, 5) is 0. The summed E-state index contributed by atoms with van der Waals surface area (Å²) in [5.41, 5.74) is 0. The second-order valence-corrected chi connectivity index (χ2v) is 3.97. The Morgan fingerprint density at radius 3 is 2.23 bits per heavy atom. The van der Waals surface area contributed by atoms with E-state index in [9.17, 15) is 0 Å². The molecule has 0 aromatic carbocycles. The molecule has 0 aromatic heterocycles. The van der Waals surface area contributed by atoms with E-state index in [-0.39, 0.29) is 19.3 Å². The van der Waals surface area contributed by atoms with Crippen molar-refractivity contribution in [2.24, 2.45) is 5.92 Å². The lowest BCUT2D eigenvalue weighted by Gasteiger charge is -2.23. The highest BCUT2D eigenvalue weighted by atomic mass is 16.3. The minimum atomic E-state index is -0.123. The summed E-state index contributed by atoms with van der Waals surface area (Å²) < 4.78 is 0. The summed E-state index contributed by atoms with van der Waals surface area (Å²) in [6.07, 6.45) is 6.66. The molecule has 78 valence electrons. The maximum absolute atomic E-state index is 8.83. The minimum Gasteiger partial charge on any atom is -0.395 e. The van der Waals surface area contributed by atoms with Gasteiger partial charge in [-0.2, -0.15) is 0 Å². The van der Waals surface area contributed by atoms with Crippen LogP contribution in [0.15, 0.2) is 0 Å². The van der Waals surface area contributed by atoms with Crippen LogP contribution >= 0.6 is 0 Å². The number of aliphatic hydroxyl groups is 2. The van der Waals surface area contributed by atoms with E-state index >= 15 is 0 Å². The van der Waals surface area contributed by atoms with Crippen molar-refractivity contribution in [2.45, 2.75) is 38.1 Å². The lowest BCUT2D eigenvalue weighted by Crippen LogP contribution is -2.39. The molecule has 0 saturated heterocycles. The Labute approximate surface area is 80.2 Å². The number of aliphatic hydroxyl groups excluding tert-OH is 2. The third kappa shape index (κ3) is 4.07. The van der Waals surface area contributed by atoms with Gasteiger partial charge in [0, 0.05) is 0 Å². The van der Waals surface area contributed by atoms with E-state index in [1.165, 1.54) is 32.1 Å². The van der Waals surface area contributed by atoms with Crippen molar-refractivity contribution in [3.8, 4) is 0 Å². The van der Waals surface area contributed by atoms with E-state index in [0.717, 1.165) is 12.5 Å². The zero-order valence-corrected chi connectivity index (χ0v) is 8.21. The van der Waals surface area contributed by atoms with Gasteiger partial charge in [0.15, 0.2) is 0 Å². The summed E-state index contributed by atoms with van der Waals surface area (Å²) in [5.74, 6) is 0.759. The Morgan fingerprint density at radius 1 is 1.08 bits per heavy atom. The first-order chi connectivity index (χ1) is 6.36. The van der Waals surface area contributed by atoms with Crippen LogP contribution in [0.5, 0.6) is 0 Å². The molecule has 3 N–H and O–H groups in total. The molecule has 0 spiro atoms. The summed E-state index contributed by atoms with van der Waals surface area (Å²) in [5, 5.41) is 20.9. The number of hydrogen-bond donors (Lipinski definition) is 3. The second kappa shape index (κ2) is 6.35. The highest BCUT2D eigenvalue weighted by Gasteiger charge is 2.14. The zero-order chi connectivity index (χ0) is 9.52. The first-order valence-electron chi connectivity index (χ1n) is 5.32. The van der Waals surface area contributed by atoms with Crippen molar-refractivity contribution in [1.29, 1.82) is 0 Å². The maximum atomic E-state index is 8.83. The van der Waals surface area contributed by atoms with Gasteiger partial charge in [-0.05, 0) is 25.3 Å². The average Bonchev–Trinajstić information content (AvgIpc) is 2.21. The monoisotopic (exact) mass is 187 g/mol. The number of hydrogen-bond acceptors (Lipinski definition) is 3. The molecular formula is C10H21NO2. The Kier molecular flexibility index (Phi) is 5.35. The first-order valence-corrected chi connectivity index (χ1v) is 5.32. The zero-order valence-electron chi connectivity index (χ0n) is 8.21. The van der Waals surface area contributed by atoms with Crippen molar-refractivity contribution in [3.05, 3.63) is 0 Å². The van der Waals surface area contributed by atoms with Crippen molar-refractivity contribution in [2.75, 3.05) is 19.8 Å². The SMILES string of the molecule is OCC(CO)NCC1CCCCC1. The van der Waals surface area contributed by atoms with Crippen LogP contribution in [0.2, 0.25) is 0 Å². The van der Waals surface area contributed by atoms with Gasteiger partial charge in [-0.25, -0.2) is 0 Å². The third-order valence-corrected chi connectivity index (χ3v) is 2.86. The molecule has 13 heavy (non-hydrogen) atoms. The second-order valence-electron chi connectivity index (χ2n) is 3.97. The molecule has 1 aliphatic carbocycles. The van der Waals surface area contributed by atoms with E-state index in [1.54, 1.807) is 0 Å². The molecule has 3 nitrogen and oxygen atoms in total. The molecule has 0 atom stereocenters. The van der Waals surface area contributed by atoms with Gasteiger partial charge in [0.25, 0.3) is 0 Å². The summed E-state index contributed by atoms with van der Waals surface area (Å²) in [7, 11) is 0. The van der Waals surface area contributed by atoms with Crippen LogP contribution < -0.4 is 5.32 Å². The van der Waals surface area contributed by atoms with Crippen LogP contribution in [0.4, 0.5) is 0 Å². The molecule has 1 fully saturated rings. The van der Waals surface area contributed by atoms with Crippen LogP contribution in [0.3, 0.4) is 0 Å². The summed E-state index contributed by atoms with van der Waals surface area (Å²) >= 11 is 0. The Balaban J connectivity index is 2.09. The summed E-state index contributed by atoms with van der Waals surface area (Å²) in [6.45, 7) is 1.01. The van der Waals surface area contributed by atoms with Gasteiger partial charge in [-0.15, -0.1) is 0 Å². The molecule has 0 bridgehead atoms. The molecule has 1 aliphatic rings. The average molecular weight is 187 g/mol. The van der Waals surface area contributed by atoms with Crippen LogP contribution in [0, 0.1) is 5.92 Å². The predicted octanol–water partition coefficient (Wildman–Crippen LogP) is 0.509. The number of nitrogens with one attached hydrogen (secondary N) is 1. The van der Waals surface area contributed by atoms with Crippen molar-refractivity contribution >= 4 is 0 Å². The molecule has 0 unspecified atom stereocenters. The molecule has 0 amide bonds. The van der Waals surface area contributed by atoms with E-state index in [0.29, 0.717) is 0 Å². The van der Waals surface area contributed by atoms with Crippen molar-refractivity contribution < 1.29 is 10.2 Å². The molecule has 0 aliphatic heterocycles. The summed E-state index contributed by atoms with van der Waals surface area (Å²) in [6, 6.07) is -0.123. The fourth-order valence-electron chi connectivity index (χ4n) is 1.91. The van der Waals surface area contributed by atoms with Crippen molar-refractivity contribution in [1.82, 2.24) is 5.32 Å². The lowest BCUT2D eigenvalue weighted by atomic mass is 9.89. The van der Waals surface area contributed by atoms with Gasteiger partial charge in [0.2, 0.25) is 0 Å². The molecule has 0 heterocycles. The van der Waals surface area contributed by atoms with Crippen LogP contribution in [-0.2, 0) is 0 Å². The quantitative estimate of drug-likeness (QED) is 0.588. The van der Waals surface area contributed by atoms with Gasteiger partial charge in [-0.1, -0.05) is 19.3 Å². The van der Waals surface area contributed by atoms with E-state index in [4.69, 9.17) is 10.2 Å². The third-order valence-electron chi connectivity index (χ3n) is 2.86. The molecule has 1 rings (SSSR count). The fraction of sp³-hybridized carbons (Fsp3) is 1.00. The molecule has 1 saturated carbocycles. The Hall–Kier alpha value is -0.120. The van der Waals surface area contributed by atoms with Gasteiger partial charge in [0.05, 0.1) is 19.3 Å². The van der Waals surface area contributed by atoms with Crippen LogP contribution in [-0.4, -0.2) is 36.0 Å². The normalized spacial score (nSPS) is 19.6. The Morgan fingerprint density at radius 2 is 1.69 bits per heavy atom. The molecular weight excluding hydrogens is 166 g/mol. The largest absolute Gasteiger partial charge is 0.395 e. The van der Waals surface area contributed by atoms with Crippen molar-refractivity contribution in [3.63, 3.8) is 0 Å². The topological polar surface area (TPSA) is 52.5 Å². The van der Waals surface area contributed by atoms with Gasteiger partial charge in [-0.3, -0.25) is 0 Å². The minimum absolute atomic E-state index is 0.0310. The molecule has 0 aromatic rings. The molecule has 3 heteroatoms. The highest BCUT2D eigenvalue weighted by Crippen LogP contribution is 2.22. The smallest absolute Gasteiger partial charge is 0.0607 e. The van der Waals surface area contributed by atoms with E-state index in [1.807, 2.05) is 0 Å². The van der Waals surface area contributed by atoms with Crippen LogP contribution in [0.1, 0.15) is 32.1 Å². The van der Waals surface area contributed by atoms with E-state index in [2.05, 4.69) is 5.32 Å². The van der Waals surface area contributed by atoms with Gasteiger partial charge >= 0.3 is 0 Å². The maximum Gasteiger partial charge on any atom is 0.0607 e. The fourth-order valence-corrected chi connectivity index (χ4v) is 1.91. The highest BCUT2D eigenvalue weighted by molar-refractivity contribution is 4.71. The first kappa shape index (κ1) is 11.0. The van der Waals surface area contributed by atoms with Gasteiger partial charge < -0.3 is 15.5 Å². The van der Waals surface area contributed by atoms with Gasteiger partial charge in [0.1, 0.15) is 0 Å². The van der Waals surface area contributed by atoms with E-state index < -0.39 is 0 Å². The number of rotatable bonds is 5. The predicted molar refractivity (Wildman–Crippen MR) is 52.5 cm³/mol. The van der Waals surface area contributed by atoms with Crippen LogP contribution in [0.25, 0.3) is 0 Å². The standard InChI is InChI=1S/C10H21NO2/c12-7-10(8-13)11-6-9-4-2-1-3-5-9/h9-13H,1-8H2. The molecule has 0 radical (unpaired) electrons.